The van der Waals surface area contributed by atoms with E-state index in [9.17, 15) is 31.5 Å². The predicted molar refractivity (Wildman–Crippen MR) is 149 cm³/mol. The lowest BCUT2D eigenvalue weighted by atomic mass is 9.98. The van der Waals surface area contributed by atoms with Crippen LogP contribution in [-0.2, 0) is 28.7 Å². The van der Waals surface area contributed by atoms with Crippen molar-refractivity contribution in [3.05, 3.63) is 118 Å². The number of carbonyl (C=O) groups is 2. The third kappa shape index (κ3) is 6.36. The summed E-state index contributed by atoms with van der Waals surface area (Å²) >= 11 is 0. The molecule has 8 nitrogen and oxygen atoms in total. The summed E-state index contributed by atoms with van der Waals surface area (Å²) in [5, 5.41) is 6.54. The minimum atomic E-state index is -4.92. The zero-order valence-electron chi connectivity index (χ0n) is 23.2. The summed E-state index contributed by atoms with van der Waals surface area (Å²) in [6.07, 6.45) is -1.53. The van der Waals surface area contributed by atoms with Crippen molar-refractivity contribution in [1.82, 2.24) is 15.6 Å². The van der Waals surface area contributed by atoms with Gasteiger partial charge in [0, 0.05) is 6.54 Å². The largest absolute Gasteiger partial charge is 0.465 e. The lowest BCUT2D eigenvalue weighted by Gasteiger charge is -2.29. The van der Waals surface area contributed by atoms with Crippen molar-refractivity contribution in [3.63, 3.8) is 0 Å². The highest BCUT2D eigenvalue weighted by molar-refractivity contribution is 6.44. The maximum atomic E-state index is 14.7. The van der Waals surface area contributed by atoms with Gasteiger partial charge in [0.05, 0.1) is 35.7 Å². The zero-order valence-corrected chi connectivity index (χ0v) is 23.2. The minimum absolute atomic E-state index is 0.0206. The number of rotatable bonds is 8. The van der Waals surface area contributed by atoms with Crippen LogP contribution < -0.4 is 16.5 Å². The standard InChI is InChI=1S/C30H28F5N5O3/c1-5-22(31)27-39-25(28(41)37-14-17-6-10-23(32)21(12-17)30(33,34)35)13-26(40(27)36)16(3)38-24-11-9-18-15(2)19(29(42)43-4)7-8-20(18)24/h5-8,10,12-13,24,38H,1,3,9,11,14,36H2,2,4H3,(H,37,41)/b27-22+/t24-/m0/s1. The third-order valence-corrected chi connectivity index (χ3v) is 7.16. The first-order chi connectivity index (χ1) is 20.3. The molecule has 1 heterocycles. The number of hydrogen-bond acceptors (Lipinski definition) is 7. The molecule has 1 aliphatic carbocycles. The minimum Gasteiger partial charge on any atom is -0.465 e. The average molecular weight is 602 g/mol. The molecule has 0 saturated heterocycles. The molecule has 0 bridgehead atoms. The van der Waals surface area contributed by atoms with Crippen molar-refractivity contribution in [3.8, 4) is 0 Å². The van der Waals surface area contributed by atoms with Crippen LogP contribution in [0.3, 0.4) is 0 Å². The average Bonchev–Trinajstić information content (AvgIpc) is 3.38. The van der Waals surface area contributed by atoms with E-state index in [0.717, 1.165) is 33.8 Å². The smallest absolute Gasteiger partial charge is 0.419 e. The topological polar surface area (TPSA) is 109 Å². The van der Waals surface area contributed by atoms with E-state index in [1.165, 1.54) is 13.2 Å². The van der Waals surface area contributed by atoms with E-state index in [1.54, 1.807) is 6.07 Å². The number of amides is 1. The molecule has 0 aromatic heterocycles. The molecule has 226 valence electrons. The van der Waals surface area contributed by atoms with E-state index in [1.807, 2.05) is 13.0 Å². The molecule has 1 aliphatic heterocycles. The van der Waals surface area contributed by atoms with Crippen LogP contribution in [0, 0.1) is 12.7 Å². The van der Waals surface area contributed by atoms with E-state index in [0.29, 0.717) is 30.5 Å². The highest BCUT2D eigenvalue weighted by Gasteiger charge is 2.34. The van der Waals surface area contributed by atoms with Gasteiger partial charge in [-0.15, -0.1) is 0 Å². The van der Waals surface area contributed by atoms with Crippen molar-refractivity contribution < 1.29 is 36.3 Å². The number of hydrazine groups is 1. The van der Waals surface area contributed by atoms with E-state index in [4.69, 9.17) is 10.6 Å². The van der Waals surface area contributed by atoms with E-state index >= 15 is 0 Å². The maximum absolute atomic E-state index is 14.7. The van der Waals surface area contributed by atoms with Crippen molar-refractivity contribution in [2.24, 2.45) is 10.8 Å². The summed E-state index contributed by atoms with van der Waals surface area (Å²) < 4.78 is 72.5. The molecule has 1 amide bonds. The molecule has 0 spiro atoms. The van der Waals surface area contributed by atoms with E-state index < -0.39 is 47.6 Å². The van der Waals surface area contributed by atoms with Gasteiger partial charge in [0.1, 0.15) is 11.5 Å². The lowest BCUT2D eigenvalue weighted by molar-refractivity contribution is -0.140. The highest BCUT2D eigenvalue weighted by atomic mass is 19.4. The van der Waals surface area contributed by atoms with Gasteiger partial charge in [-0.05, 0) is 72.4 Å². The molecule has 2 aliphatic rings. The fraction of sp³-hybridized carbons (Fsp3) is 0.233. The van der Waals surface area contributed by atoms with E-state index in [-0.39, 0.29) is 28.7 Å². The van der Waals surface area contributed by atoms with Crippen LogP contribution in [0.4, 0.5) is 22.0 Å². The Balaban J connectivity index is 1.57. The van der Waals surface area contributed by atoms with Crippen LogP contribution in [-0.4, -0.2) is 29.7 Å². The molecule has 0 unspecified atom stereocenters. The molecule has 2 aromatic carbocycles. The van der Waals surface area contributed by atoms with Crippen LogP contribution in [0.1, 0.15) is 50.6 Å². The SMILES string of the molecule is C=C/C(F)=C1/N=C(C(=O)NCc2ccc(F)c(C(F)(F)F)c2)C=C(C(=C)N[C@H]2CCc3c2ccc(C(=O)OC)c3C)N1N. The third-order valence-electron chi connectivity index (χ3n) is 7.16. The second-order valence-electron chi connectivity index (χ2n) is 9.78. The number of esters is 1. The Bertz CT molecular complexity index is 1610. The van der Waals surface area contributed by atoms with Gasteiger partial charge < -0.3 is 15.4 Å². The number of nitrogens with two attached hydrogens (primary N) is 1. The van der Waals surface area contributed by atoms with E-state index in [2.05, 4.69) is 28.8 Å². The molecule has 1 atom stereocenters. The van der Waals surface area contributed by atoms with Gasteiger partial charge in [0.15, 0.2) is 11.6 Å². The van der Waals surface area contributed by atoms with Gasteiger partial charge in [0.25, 0.3) is 5.91 Å². The molecule has 43 heavy (non-hydrogen) atoms. The Morgan fingerprint density at radius 2 is 1.98 bits per heavy atom. The lowest BCUT2D eigenvalue weighted by Crippen LogP contribution is -2.40. The van der Waals surface area contributed by atoms with Crippen molar-refractivity contribution in [1.29, 1.82) is 0 Å². The summed E-state index contributed by atoms with van der Waals surface area (Å²) in [5.41, 5.74) is 1.66. The van der Waals surface area contributed by atoms with Crippen LogP contribution >= 0.6 is 0 Å². The molecular weight excluding hydrogens is 573 g/mol. The Kier molecular flexibility index (Phi) is 8.85. The monoisotopic (exact) mass is 601 g/mol. The number of carbonyl (C=O) groups excluding carboxylic acids is 2. The number of ether oxygens (including phenoxy) is 1. The van der Waals surface area contributed by atoms with Gasteiger partial charge >= 0.3 is 12.1 Å². The first-order valence-electron chi connectivity index (χ1n) is 12.9. The number of allylic oxidation sites excluding steroid dienone is 2. The molecule has 0 saturated carbocycles. The van der Waals surface area contributed by atoms with Crippen molar-refractivity contribution in [2.45, 2.75) is 38.5 Å². The number of nitrogens with zero attached hydrogens (tertiary/aromatic N) is 2. The molecule has 13 heteroatoms. The predicted octanol–water partition coefficient (Wildman–Crippen LogP) is 5.19. The van der Waals surface area contributed by atoms with Crippen molar-refractivity contribution >= 4 is 17.6 Å². The Labute approximate surface area is 244 Å². The van der Waals surface area contributed by atoms with Gasteiger partial charge in [-0.25, -0.2) is 24.4 Å². The Morgan fingerprint density at radius 3 is 2.63 bits per heavy atom. The highest BCUT2D eigenvalue weighted by Crippen LogP contribution is 2.36. The summed E-state index contributed by atoms with van der Waals surface area (Å²) in [6.45, 7) is 8.82. The number of benzene rings is 2. The van der Waals surface area contributed by atoms with Gasteiger partial charge in [-0.3, -0.25) is 9.80 Å². The normalized spacial score (nSPS) is 17.4. The summed E-state index contributed by atoms with van der Waals surface area (Å²) in [7, 11) is 1.31. The van der Waals surface area contributed by atoms with Crippen LogP contribution in [0.2, 0.25) is 0 Å². The maximum Gasteiger partial charge on any atom is 0.419 e. The number of nitrogens with one attached hydrogen (secondary N) is 2. The Hall–Kier alpha value is -4.78. The number of methoxy groups -OCH3 is 1. The quantitative estimate of drug-likeness (QED) is 0.219. The molecule has 0 radical (unpaired) electrons. The fourth-order valence-corrected chi connectivity index (χ4v) is 4.94. The van der Waals surface area contributed by atoms with Crippen molar-refractivity contribution in [2.75, 3.05) is 7.11 Å². The summed E-state index contributed by atoms with van der Waals surface area (Å²) in [6, 6.07) is 5.57. The summed E-state index contributed by atoms with van der Waals surface area (Å²) in [5.74, 6) is 2.00. The van der Waals surface area contributed by atoms with Gasteiger partial charge in [-0.1, -0.05) is 25.3 Å². The zero-order chi connectivity index (χ0) is 31.6. The number of alkyl halides is 3. The second-order valence-corrected chi connectivity index (χ2v) is 9.78. The first kappa shape index (κ1) is 31.2. The molecule has 2 aromatic rings. The van der Waals surface area contributed by atoms with Gasteiger partial charge in [-0.2, -0.15) is 13.2 Å². The molecule has 4 N–H and O–H groups in total. The number of aliphatic imine (C=N–C) groups is 1. The second kappa shape index (κ2) is 12.2. The molecule has 4 rings (SSSR count). The fourth-order valence-electron chi connectivity index (χ4n) is 4.94. The van der Waals surface area contributed by atoms with Crippen LogP contribution in [0.25, 0.3) is 0 Å². The molecular formula is C30H28F5N5O3. The van der Waals surface area contributed by atoms with Crippen LogP contribution in [0.5, 0.6) is 0 Å². The first-order valence-corrected chi connectivity index (χ1v) is 12.9. The Morgan fingerprint density at radius 1 is 1.26 bits per heavy atom. The number of hydrogen-bond donors (Lipinski definition) is 3. The number of fused-ring (bicyclic) bond motifs is 1. The summed E-state index contributed by atoms with van der Waals surface area (Å²) in [4.78, 5) is 29.1. The van der Waals surface area contributed by atoms with Crippen LogP contribution in [0.15, 0.2) is 83.7 Å². The molecule has 0 fully saturated rings. The number of halogens is 5. The van der Waals surface area contributed by atoms with Gasteiger partial charge in [0.2, 0.25) is 0 Å².